The number of nitriles is 4. The first-order valence-electron chi connectivity index (χ1n) is 38.3. The Bertz CT molecular complexity index is 3060. The van der Waals surface area contributed by atoms with Crippen LogP contribution < -0.4 is 27.0 Å². The first kappa shape index (κ1) is 100. The first-order valence-corrected chi connectivity index (χ1v) is 38.3. The first-order chi connectivity index (χ1) is 51.8. The van der Waals surface area contributed by atoms with Crippen molar-refractivity contribution < 1.29 is 86.3 Å². The van der Waals surface area contributed by atoms with Gasteiger partial charge in [-0.25, -0.2) is 0 Å². The molecule has 3 unspecified atom stereocenters. The third kappa shape index (κ3) is 28.1. The molecule has 113 heavy (non-hydrogen) atoms. The van der Waals surface area contributed by atoms with E-state index >= 15 is 0 Å². The van der Waals surface area contributed by atoms with Crippen molar-refractivity contribution in [2.45, 2.75) is 179 Å². The Labute approximate surface area is 679 Å². The van der Waals surface area contributed by atoms with Crippen molar-refractivity contribution in [3.05, 3.63) is 0 Å². The summed E-state index contributed by atoms with van der Waals surface area (Å²) in [7, 11) is 0. The van der Waals surface area contributed by atoms with Crippen molar-refractivity contribution in [3.8, 4) is 24.3 Å². The van der Waals surface area contributed by atoms with Crippen LogP contribution in [0.15, 0.2) is 0 Å². The van der Waals surface area contributed by atoms with Crippen LogP contribution in [0.2, 0.25) is 0 Å². The second kappa shape index (κ2) is 48.5. The fourth-order valence-electron chi connectivity index (χ4n) is 18.5. The molecule has 10 N–H and O–H groups in total. The number of carbonyl (C=O) groups excluding carboxylic acids is 11. The smallest absolute Gasteiger partial charge is 0.387 e. The molecule has 0 radical (unpaired) electrons. The zero-order valence-electron chi connectivity index (χ0n) is 62.8. The maximum absolute atomic E-state index is 12.2. The van der Waals surface area contributed by atoms with Gasteiger partial charge >= 0.3 is 6.18 Å². The Kier molecular flexibility index (Phi) is 43.0. The van der Waals surface area contributed by atoms with Gasteiger partial charge in [-0.15, -0.1) is 37.2 Å². The monoisotopic (exact) mass is 1660 g/mol. The number of nitrogens with two attached hydrogens (primary N) is 1. The number of rotatable bonds is 14. The Hall–Kier alpha value is -6.97. The molecule has 9 saturated heterocycles. The number of hydrogen-bond donors (Lipinski definition) is 9. The third-order valence-corrected chi connectivity index (χ3v) is 24.0. The second-order valence-electron chi connectivity index (χ2n) is 31.0. The molecule has 0 spiro atoms. The zero-order chi connectivity index (χ0) is 78.4. The molecule has 0 aromatic heterocycles. The summed E-state index contributed by atoms with van der Waals surface area (Å²) >= 11 is 0. The minimum Gasteiger partial charge on any atom is -0.387 e. The lowest BCUT2D eigenvalue weighted by molar-refractivity contribution is -0.156. The van der Waals surface area contributed by atoms with E-state index in [1.54, 1.807) is 39.2 Å². The zero-order valence-corrected chi connectivity index (χ0v) is 65.2. The SMILES string of the molecule is C.C.Cl.Cl.Cl.N#C[C@@H]1CCCN1C(=O)CN.N#C[C@@H]1CCCN1C(=O)CNC1C[C@@H]2CN(C(=O)CO)C[C@@H]2C1.N#C[C@@H]1CCCN1C(=O)CNC1C[C@@H]2CN(C(=O)CO)C[C@@H]2C1.N#C[C@@H]1CCCN1C(=O)CNC1C[C@@H]2CN(C(=O)CO)C[C@@H]2C1.O=C1C[C@@H]2CN(C(=O)CO)C[C@@H]2C1.O=C1C[C@H]2CNC[C@H]2C1.O=CC(F)(F)F. The third-order valence-electron chi connectivity index (χ3n) is 24.0. The van der Waals surface area contributed by atoms with E-state index in [2.05, 4.69) is 45.5 Å². The average Bonchev–Trinajstić information content (AvgIpc) is 1.67. The average molecular weight is 1660 g/mol. The van der Waals surface area contributed by atoms with E-state index in [1.165, 1.54) is 0 Å². The van der Waals surface area contributed by atoms with Crippen LogP contribution in [-0.2, 0) is 52.7 Å². The highest BCUT2D eigenvalue weighted by molar-refractivity contribution is 5.86. The van der Waals surface area contributed by atoms with Gasteiger partial charge in [0.15, 0.2) is 0 Å². The van der Waals surface area contributed by atoms with E-state index in [9.17, 15) is 61.1 Å². The summed E-state index contributed by atoms with van der Waals surface area (Å²) in [5, 5.41) is 84.5. The number of aliphatic hydroxyl groups excluding tert-OH is 4. The highest BCUT2D eigenvalue weighted by Crippen LogP contribution is 2.41. The molecule has 0 aromatic rings. The van der Waals surface area contributed by atoms with Crippen molar-refractivity contribution in [2.75, 3.05) is 144 Å². The molecule has 14 aliphatic rings. The van der Waals surface area contributed by atoms with Crippen LogP contribution in [0.1, 0.15) is 130 Å². The molecule has 38 heteroatoms. The molecule has 9 aliphatic heterocycles. The van der Waals surface area contributed by atoms with Crippen molar-refractivity contribution in [1.82, 2.24) is 60.5 Å². The van der Waals surface area contributed by atoms with E-state index in [0.29, 0.717) is 161 Å². The van der Waals surface area contributed by atoms with Gasteiger partial charge in [-0.2, -0.15) is 34.2 Å². The topological polar surface area (TPSA) is 464 Å². The minimum atomic E-state index is -4.64. The van der Waals surface area contributed by atoms with Gasteiger partial charge < -0.3 is 86.6 Å². The predicted octanol–water partition coefficient (Wildman–Crippen LogP) is 0.306. The molecule has 636 valence electrons. The van der Waals surface area contributed by atoms with Crippen LogP contribution in [-0.4, -0.2) is 317 Å². The Morgan fingerprint density at radius 1 is 0.416 bits per heavy atom. The maximum atomic E-state index is 12.2. The van der Waals surface area contributed by atoms with E-state index < -0.39 is 38.9 Å². The van der Waals surface area contributed by atoms with Gasteiger partial charge in [0.25, 0.3) is 0 Å². The summed E-state index contributed by atoms with van der Waals surface area (Å²) in [4.78, 5) is 138. The number of fused-ring (bicyclic) bond motifs is 5. The normalized spacial score (nSPS) is 30.0. The lowest BCUT2D eigenvalue weighted by atomic mass is 10.0. The number of nitrogens with one attached hydrogen (secondary N) is 4. The Morgan fingerprint density at radius 2 is 0.637 bits per heavy atom. The molecule has 0 bridgehead atoms. The van der Waals surface area contributed by atoms with Crippen LogP contribution in [0.4, 0.5) is 13.2 Å². The number of amides is 8. The lowest BCUT2D eigenvalue weighted by Crippen LogP contribution is -2.43. The molecule has 5 saturated carbocycles. The van der Waals surface area contributed by atoms with Crippen molar-refractivity contribution in [3.63, 3.8) is 0 Å². The van der Waals surface area contributed by atoms with E-state index in [-0.39, 0.29) is 130 Å². The maximum Gasteiger partial charge on any atom is 0.446 e. The fraction of sp³-hybridized carbons (Fsp3) is 0.800. The molecule has 8 amide bonds. The largest absolute Gasteiger partial charge is 0.446 e. The summed E-state index contributed by atoms with van der Waals surface area (Å²) < 4.78 is 31.2. The molecule has 17 atom stereocenters. The lowest BCUT2D eigenvalue weighted by Gasteiger charge is -2.22. The second-order valence-corrected chi connectivity index (χ2v) is 31.0. The number of carbonyl (C=O) groups is 11. The number of aliphatic hydroxyl groups is 4. The van der Waals surface area contributed by atoms with Crippen LogP contribution in [0.3, 0.4) is 0 Å². The minimum absolute atomic E-state index is 0. The molecule has 5 aliphatic carbocycles. The standard InChI is InChI=1S/3C16H24N4O3.C9H13NO3.C7H11N3O.C7H11NO.C2HF3O.2CH4.3ClH/c3*17-6-14-2-1-3-20(14)15(22)7-18-13-4-11-8-19(16(23)10-21)9-12(11)5-13;11-5-9(13)10-3-6-1-8(12)2-7(6)4-10;8-4-6-2-1-3-10(6)7(11)5-9;9-7-1-5-3-8-4-6(5)2-7;3-2(4,5)1-6;;;;;/h3*11-14,18,21H,1-5,7-10H2;6-7,11H,1-5H2;6H,1-3,5,9H2;5-6,8H,1-4H2;1H;2*1H4;3*1H/t3*11-,12+,13?,14-;6-,7+;6-;5-,6+;;;;;;/m000.0......./s1. The van der Waals surface area contributed by atoms with Crippen molar-refractivity contribution in [2.24, 2.45) is 64.9 Å². The number of likely N-dealkylation sites (tertiary alicyclic amines) is 8. The van der Waals surface area contributed by atoms with Crippen molar-refractivity contribution >= 4 is 102 Å². The number of ketones is 2. The quantitative estimate of drug-likeness (QED) is 0.106. The number of alkyl halides is 3. The molecule has 14 fully saturated rings. The van der Waals surface area contributed by atoms with Gasteiger partial charge in [-0.3, -0.25) is 52.7 Å². The Morgan fingerprint density at radius 3 is 0.850 bits per heavy atom. The molecule has 32 nitrogen and oxygen atoms in total. The summed E-state index contributed by atoms with van der Waals surface area (Å²) in [6.45, 7) is 9.81. The van der Waals surface area contributed by atoms with E-state index in [0.717, 1.165) is 155 Å². The van der Waals surface area contributed by atoms with Gasteiger partial charge in [-0.05, 0) is 162 Å². The highest BCUT2D eigenvalue weighted by Gasteiger charge is 2.47. The van der Waals surface area contributed by atoms with E-state index in [1.807, 2.05) is 0 Å². The molecular weight excluding hydrogens is 1540 g/mol. The number of aldehydes is 1. The van der Waals surface area contributed by atoms with Crippen LogP contribution in [0, 0.1) is 105 Å². The van der Waals surface area contributed by atoms with Gasteiger partial charge in [0.2, 0.25) is 53.5 Å². The van der Waals surface area contributed by atoms with E-state index in [4.69, 9.17) is 52.0 Å². The summed E-state index contributed by atoms with van der Waals surface area (Å²) in [6, 6.07) is 8.58. The van der Waals surface area contributed by atoms with Crippen LogP contribution in [0.25, 0.3) is 0 Å². The Balaban J connectivity index is 0.000000352. The fourth-order valence-corrected chi connectivity index (χ4v) is 18.5. The van der Waals surface area contributed by atoms with Gasteiger partial charge in [0, 0.05) is 122 Å². The van der Waals surface area contributed by atoms with Gasteiger partial charge in [-0.1, -0.05) is 14.9 Å². The molecule has 0 aromatic carbocycles. The number of nitrogens with zero attached hydrogens (tertiary/aromatic N) is 12. The molecule has 14 rings (SSSR count). The van der Waals surface area contributed by atoms with Crippen LogP contribution in [0.5, 0.6) is 0 Å². The summed E-state index contributed by atoms with van der Waals surface area (Å²) in [5.74, 6) is 4.90. The van der Waals surface area contributed by atoms with Crippen molar-refractivity contribution in [1.29, 1.82) is 21.0 Å². The van der Waals surface area contributed by atoms with Crippen LogP contribution >= 0.6 is 37.2 Å². The number of halogens is 6. The van der Waals surface area contributed by atoms with Gasteiger partial charge in [0.1, 0.15) is 62.2 Å². The summed E-state index contributed by atoms with van der Waals surface area (Å²) in [6.07, 6.45) is 9.83. The summed E-state index contributed by atoms with van der Waals surface area (Å²) in [5.41, 5.74) is 5.17. The molecular formula is C75H119Cl3F3N17O15. The number of hydrogen-bond acceptors (Lipinski definition) is 24. The number of Topliss-reactive ketones (excluding diaryl/α,β-unsaturated/α-hetero) is 2. The molecule has 9 heterocycles. The highest BCUT2D eigenvalue weighted by atomic mass is 35.5. The predicted molar refractivity (Wildman–Crippen MR) is 412 cm³/mol. The van der Waals surface area contributed by atoms with Gasteiger partial charge in [0.05, 0.1) is 50.5 Å².